The molecule has 5 heteroatoms. The van der Waals surface area contributed by atoms with E-state index in [4.69, 9.17) is 5.73 Å². The first-order valence-electron chi connectivity index (χ1n) is 5.77. The van der Waals surface area contributed by atoms with E-state index >= 15 is 0 Å². The number of hydrogen-bond acceptors (Lipinski definition) is 3. The van der Waals surface area contributed by atoms with Crippen molar-refractivity contribution >= 4 is 10.0 Å². The van der Waals surface area contributed by atoms with Crippen molar-refractivity contribution in [3.8, 4) is 0 Å². The molecule has 0 amide bonds. The molecule has 0 aromatic rings. The Morgan fingerprint density at radius 2 is 1.87 bits per heavy atom. The lowest BCUT2D eigenvalue weighted by Crippen LogP contribution is -2.38. The molecule has 0 spiro atoms. The molecule has 2 aliphatic rings. The Morgan fingerprint density at radius 1 is 1.27 bits per heavy atom. The van der Waals surface area contributed by atoms with Crippen LogP contribution in [0.4, 0.5) is 0 Å². The molecule has 4 nitrogen and oxygen atoms in total. The minimum absolute atomic E-state index is 0.0890. The van der Waals surface area contributed by atoms with Gasteiger partial charge in [-0.3, -0.25) is 0 Å². The molecule has 0 atom stereocenters. The molecule has 0 bridgehead atoms. The van der Waals surface area contributed by atoms with Crippen LogP contribution in [0.25, 0.3) is 0 Å². The van der Waals surface area contributed by atoms with Gasteiger partial charge in [-0.2, -0.15) is 0 Å². The molecule has 0 aromatic heterocycles. The second-order valence-corrected chi connectivity index (χ2v) is 7.02. The van der Waals surface area contributed by atoms with Crippen LogP contribution in [0.5, 0.6) is 0 Å². The zero-order chi connectivity index (χ0) is 10.9. The summed E-state index contributed by atoms with van der Waals surface area (Å²) < 4.78 is 26.5. The third-order valence-corrected chi connectivity index (χ3v) is 5.68. The van der Waals surface area contributed by atoms with Gasteiger partial charge < -0.3 is 5.73 Å². The number of rotatable bonds is 5. The molecular weight excluding hydrogens is 212 g/mol. The third kappa shape index (κ3) is 2.52. The van der Waals surface area contributed by atoms with Crippen molar-refractivity contribution in [2.75, 3.05) is 13.1 Å². The maximum atomic E-state index is 11.9. The fraction of sp³-hybridized carbons (Fsp3) is 1.00. The summed E-state index contributed by atoms with van der Waals surface area (Å²) in [6.07, 6.45) is 5.88. The molecule has 2 fully saturated rings. The molecule has 0 radical (unpaired) electrons. The molecule has 88 valence electrons. The molecule has 2 saturated carbocycles. The van der Waals surface area contributed by atoms with Crippen molar-refractivity contribution in [1.29, 1.82) is 0 Å². The molecule has 2 rings (SSSR count). The first kappa shape index (κ1) is 11.4. The van der Waals surface area contributed by atoms with Gasteiger partial charge >= 0.3 is 0 Å². The molecule has 2 aliphatic carbocycles. The highest BCUT2D eigenvalue weighted by Gasteiger charge is 2.42. The van der Waals surface area contributed by atoms with E-state index in [0.29, 0.717) is 13.1 Å². The van der Waals surface area contributed by atoms with Gasteiger partial charge in [0.2, 0.25) is 10.0 Å². The van der Waals surface area contributed by atoms with Crippen LogP contribution in [0.2, 0.25) is 0 Å². The summed E-state index contributed by atoms with van der Waals surface area (Å²) in [5, 5.41) is -0.147. The lowest BCUT2D eigenvalue weighted by molar-refractivity contribution is 0.495. The summed E-state index contributed by atoms with van der Waals surface area (Å²) in [6, 6.07) is 0. The lowest BCUT2D eigenvalue weighted by atomic mass is 10.1. The molecule has 0 heterocycles. The molecule has 3 N–H and O–H groups in total. The van der Waals surface area contributed by atoms with Crippen LogP contribution in [-0.4, -0.2) is 26.8 Å². The quantitative estimate of drug-likeness (QED) is 0.728. The zero-order valence-electron chi connectivity index (χ0n) is 9.04. The Labute approximate surface area is 91.7 Å². The Morgan fingerprint density at radius 3 is 2.33 bits per heavy atom. The number of sulfonamides is 1. The second-order valence-electron chi connectivity index (χ2n) is 4.98. The van der Waals surface area contributed by atoms with Crippen molar-refractivity contribution in [3.05, 3.63) is 0 Å². The molecule has 0 aliphatic heterocycles. The first-order valence-corrected chi connectivity index (χ1v) is 7.31. The average Bonchev–Trinajstić information content (AvgIpc) is 2.77. The van der Waals surface area contributed by atoms with Crippen LogP contribution in [0.15, 0.2) is 0 Å². The fourth-order valence-corrected chi connectivity index (χ4v) is 3.90. The maximum absolute atomic E-state index is 11.9. The van der Waals surface area contributed by atoms with E-state index in [2.05, 4.69) is 4.72 Å². The number of nitrogens with two attached hydrogens (primary N) is 1. The zero-order valence-corrected chi connectivity index (χ0v) is 9.85. The van der Waals surface area contributed by atoms with Crippen molar-refractivity contribution in [3.63, 3.8) is 0 Å². The highest BCUT2D eigenvalue weighted by atomic mass is 32.2. The first-order chi connectivity index (χ1) is 7.08. The summed E-state index contributed by atoms with van der Waals surface area (Å²) >= 11 is 0. The Balaban J connectivity index is 1.87. The third-order valence-electron chi connectivity index (χ3n) is 3.78. The summed E-state index contributed by atoms with van der Waals surface area (Å²) in [6.45, 7) is 1.14. The Bertz CT molecular complexity index is 316. The smallest absolute Gasteiger partial charge is 0.214 e. The fourth-order valence-electron chi connectivity index (χ4n) is 2.20. The average molecular weight is 232 g/mol. The van der Waals surface area contributed by atoms with Gasteiger partial charge in [0, 0.05) is 6.54 Å². The maximum Gasteiger partial charge on any atom is 0.214 e. The predicted octanol–water partition coefficient (Wildman–Crippen LogP) is 0.587. The highest BCUT2D eigenvalue weighted by Crippen LogP contribution is 2.44. The van der Waals surface area contributed by atoms with Gasteiger partial charge in [-0.1, -0.05) is 12.8 Å². The predicted molar refractivity (Wildman–Crippen MR) is 59.9 cm³/mol. The second kappa shape index (κ2) is 4.03. The summed E-state index contributed by atoms with van der Waals surface area (Å²) in [7, 11) is -3.07. The van der Waals surface area contributed by atoms with Gasteiger partial charge in [0.05, 0.1) is 5.25 Å². The topological polar surface area (TPSA) is 72.2 Å². The SMILES string of the molecule is NCC1(CNS(=O)(=O)C2CCCC2)CC1. The van der Waals surface area contributed by atoms with Crippen LogP contribution in [0.3, 0.4) is 0 Å². The minimum Gasteiger partial charge on any atom is -0.330 e. The van der Waals surface area contributed by atoms with E-state index in [-0.39, 0.29) is 10.7 Å². The molecular formula is C10H20N2O2S. The van der Waals surface area contributed by atoms with E-state index in [9.17, 15) is 8.42 Å². The van der Waals surface area contributed by atoms with Crippen molar-refractivity contribution in [2.45, 2.75) is 43.8 Å². The molecule has 15 heavy (non-hydrogen) atoms. The largest absolute Gasteiger partial charge is 0.330 e. The monoisotopic (exact) mass is 232 g/mol. The Hall–Kier alpha value is -0.130. The number of nitrogens with one attached hydrogen (secondary N) is 1. The van der Waals surface area contributed by atoms with Gasteiger partial charge in [-0.05, 0) is 37.6 Å². The molecule has 0 unspecified atom stereocenters. The van der Waals surface area contributed by atoms with Gasteiger partial charge in [0.1, 0.15) is 0 Å². The normalized spacial score (nSPS) is 25.7. The summed E-state index contributed by atoms with van der Waals surface area (Å²) in [4.78, 5) is 0. The van der Waals surface area contributed by atoms with Crippen LogP contribution >= 0.6 is 0 Å². The van der Waals surface area contributed by atoms with Gasteiger partial charge in [0.25, 0.3) is 0 Å². The van der Waals surface area contributed by atoms with Gasteiger partial charge in [-0.15, -0.1) is 0 Å². The van der Waals surface area contributed by atoms with Crippen molar-refractivity contribution < 1.29 is 8.42 Å². The van der Waals surface area contributed by atoms with Crippen molar-refractivity contribution in [2.24, 2.45) is 11.1 Å². The molecule has 0 saturated heterocycles. The van der Waals surface area contributed by atoms with Gasteiger partial charge in [-0.25, -0.2) is 13.1 Å². The lowest BCUT2D eigenvalue weighted by Gasteiger charge is -2.16. The van der Waals surface area contributed by atoms with E-state index in [1.165, 1.54) is 0 Å². The van der Waals surface area contributed by atoms with Gasteiger partial charge in [0.15, 0.2) is 0 Å². The van der Waals surface area contributed by atoms with Crippen LogP contribution in [0.1, 0.15) is 38.5 Å². The van der Waals surface area contributed by atoms with Crippen LogP contribution < -0.4 is 10.5 Å². The van der Waals surface area contributed by atoms with Crippen LogP contribution in [-0.2, 0) is 10.0 Å². The number of hydrogen-bond donors (Lipinski definition) is 2. The van der Waals surface area contributed by atoms with E-state index in [1.54, 1.807) is 0 Å². The van der Waals surface area contributed by atoms with E-state index in [1.807, 2.05) is 0 Å². The summed E-state index contributed by atoms with van der Waals surface area (Å²) in [5.74, 6) is 0. The Kier molecular flexibility index (Phi) is 3.05. The standard InChI is InChI=1S/C10H20N2O2S/c11-7-10(5-6-10)8-12-15(13,14)9-3-1-2-4-9/h9,12H,1-8,11H2. The van der Waals surface area contributed by atoms with Crippen molar-refractivity contribution in [1.82, 2.24) is 4.72 Å². The minimum atomic E-state index is -3.07. The van der Waals surface area contributed by atoms with E-state index < -0.39 is 10.0 Å². The highest BCUT2D eigenvalue weighted by molar-refractivity contribution is 7.90. The molecule has 0 aromatic carbocycles. The van der Waals surface area contributed by atoms with Crippen LogP contribution in [0, 0.1) is 5.41 Å². The van der Waals surface area contributed by atoms with E-state index in [0.717, 1.165) is 38.5 Å². The summed E-state index contributed by atoms with van der Waals surface area (Å²) in [5.41, 5.74) is 5.71.